The Kier molecular flexibility index (Phi) is 5.31. The average Bonchev–Trinajstić information content (AvgIpc) is 2.47. The van der Waals surface area contributed by atoms with Crippen LogP contribution in [0, 0.1) is 5.82 Å². The minimum absolute atomic E-state index is 0.245. The fraction of sp³-hybridized carbons (Fsp3) is 0.294. The van der Waals surface area contributed by atoms with E-state index in [1.807, 2.05) is 6.92 Å². The third kappa shape index (κ3) is 3.72. The van der Waals surface area contributed by atoms with Gasteiger partial charge >= 0.3 is 0 Å². The summed E-state index contributed by atoms with van der Waals surface area (Å²) in [7, 11) is 0. The van der Waals surface area contributed by atoms with Crippen LogP contribution >= 0.6 is 0 Å². The van der Waals surface area contributed by atoms with Gasteiger partial charge in [0.15, 0.2) is 0 Å². The zero-order valence-electron chi connectivity index (χ0n) is 12.4. The average molecular weight is 309 g/mol. The van der Waals surface area contributed by atoms with Gasteiger partial charge in [-0.2, -0.15) is 0 Å². The molecular formula is C17H18F3NO. The Morgan fingerprint density at radius 1 is 1.32 bits per heavy atom. The van der Waals surface area contributed by atoms with Crippen molar-refractivity contribution in [3.63, 3.8) is 0 Å². The minimum Gasteiger partial charge on any atom is -0.494 e. The summed E-state index contributed by atoms with van der Waals surface area (Å²) in [6.07, 6.45) is 3.16. The van der Waals surface area contributed by atoms with Crippen molar-refractivity contribution in [3.8, 4) is 5.75 Å². The van der Waals surface area contributed by atoms with Crippen LogP contribution in [0.15, 0.2) is 48.7 Å². The number of benzene rings is 1. The second-order valence-corrected chi connectivity index (χ2v) is 4.89. The van der Waals surface area contributed by atoms with Crippen molar-refractivity contribution in [1.29, 1.82) is 0 Å². The first-order valence-electron chi connectivity index (χ1n) is 7.08. The minimum atomic E-state index is -2.54. The summed E-state index contributed by atoms with van der Waals surface area (Å²) in [6, 6.07) is 4.45. The molecule has 2 nitrogen and oxygen atoms in total. The van der Waals surface area contributed by atoms with E-state index >= 15 is 0 Å². The molecule has 118 valence electrons. The van der Waals surface area contributed by atoms with E-state index in [9.17, 15) is 13.2 Å². The fourth-order valence-corrected chi connectivity index (χ4v) is 2.19. The molecule has 0 amide bonds. The number of allylic oxidation sites excluding steroid dienone is 3. The predicted octanol–water partition coefficient (Wildman–Crippen LogP) is 4.61. The van der Waals surface area contributed by atoms with Crippen LogP contribution in [0.4, 0.5) is 13.2 Å². The van der Waals surface area contributed by atoms with Gasteiger partial charge in [0.05, 0.1) is 18.8 Å². The first kappa shape index (κ1) is 16.2. The van der Waals surface area contributed by atoms with Crippen molar-refractivity contribution in [2.24, 2.45) is 0 Å². The van der Waals surface area contributed by atoms with E-state index < -0.39 is 18.8 Å². The predicted molar refractivity (Wildman–Crippen MR) is 81.2 cm³/mol. The van der Waals surface area contributed by atoms with Crippen molar-refractivity contribution in [3.05, 3.63) is 60.1 Å². The maximum absolute atomic E-state index is 14.3. The van der Waals surface area contributed by atoms with Crippen molar-refractivity contribution in [1.82, 2.24) is 4.90 Å². The molecule has 1 aromatic rings. The molecule has 0 fully saturated rings. The van der Waals surface area contributed by atoms with Crippen LogP contribution in [0.1, 0.15) is 18.9 Å². The molecular weight excluding hydrogens is 291 g/mol. The van der Waals surface area contributed by atoms with Gasteiger partial charge in [-0.25, -0.2) is 13.2 Å². The van der Waals surface area contributed by atoms with E-state index in [0.29, 0.717) is 23.8 Å². The van der Waals surface area contributed by atoms with Crippen molar-refractivity contribution >= 4 is 5.70 Å². The van der Waals surface area contributed by atoms with E-state index in [-0.39, 0.29) is 5.56 Å². The summed E-state index contributed by atoms with van der Waals surface area (Å²) in [4.78, 5) is 1.32. The molecule has 5 heteroatoms. The smallest absolute Gasteiger partial charge is 0.256 e. The molecule has 0 atom stereocenters. The Morgan fingerprint density at radius 3 is 2.73 bits per heavy atom. The van der Waals surface area contributed by atoms with Crippen molar-refractivity contribution in [2.45, 2.75) is 19.8 Å². The highest BCUT2D eigenvalue weighted by Crippen LogP contribution is 2.31. The molecule has 1 heterocycles. The number of rotatable bonds is 6. The molecule has 0 aromatic heterocycles. The van der Waals surface area contributed by atoms with Gasteiger partial charge in [-0.1, -0.05) is 19.6 Å². The van der Waals surface area contributed by atoms with E-state index in [2.05, 4.69) is 6.58 Å². The van der Waals surface area contributed by atoms with E-state index in [0.717, 1.165) is 6.42 Å². The zero-order chi connectivity index (χ0) is 16.1. The summed E-state index contributed by atoms with van der Waals surface area (Å²) in [5.74, 6) is -0.0866. The lowest BCUT2D eigenvalue weighted by atomic mass is 10.1. The maximum atomic E-state index is 14.3. The largest absolute Gasteiger partial charge is 0.494 e. The van der Waals surface area contributed by atoms with Crippen molar-refractivity contribution in [2.75, 3.05) is 13.2 Å². The molecule has 0 aliphatic carbocycles. The molecule has 0 saturated heterocycles. The molecule has 0 radical (unpaired) electrons. The van der Waals surface area contributed by atoms with Gasteiger partial charge in [0.1, 0.15) is 11.6 Å². The van der Waals surface area contributed by atoms with Gasteiger partial charge in [0.25, 0.3) is 6.43 Å². The van der Waals surface area contributed by atoms with Crippen LogP contribution in [0.25, 0.3) is 5.70 Å². The molecule has 0 unspecified atom stereocenters. The Balaban J connectivity index is 2.30. The number of ether oxygens (including phenoxy) is 1. The Labute approximate surface area is 128 Å². The molecule has 1 aliphatic rings. The normalized spacial score (nSPS) is 14.5. The van der Waals surface area contributed by atoms with Gasteiger partial charge in [0.2, 0.25) is 0 Å². The van der Waals surface area contributed by atoms with Crippen LogP contribution in [-0.2, 0) is 0 Å². The summed E-state index contributed by atoms with van der Waals surface area (Å²) in [6.45, 7) is 5.66. The fourth-order valence-electron chi connectivity index (χ4n) is 2.19. The zero-order valence-corrected chi connectivity index (χ0v) is 12.4. The summed E-state index contributed by atoms with van der Waals surface area (Å²) >= 11 is 0. The van der Waals surface area contributed by atoms with Gasteiger partial charge in [-0.15, -0.1) is 0 Å². The second-order valence-electron chi connectivity index (χ2n) is 4.89. The number of hydrogen-bond acceptors (Lipinski definition) is 2. The molecule has 0 spiro atoms. The third-order valence-corrected chi connectivity index (χ3v) is 3.19. The highest BCUT2D eigenvalue weighted by Gasteiger charge is 2.22. The molecule has 1 aromatic carbocycles. The van der Waals surface area contributed by atoms with Crippen LogP contribution < -0.4 is 4.74 Å². The third-order valence-electron chi connectivity index (χ3n) is 3.19. The number of halogens is 3. The Hall–Kier alpha value is -2.17. The highest BCUT2D eigenvalue weighted by atomic mass is 19.3. The first-order chi connectivity index (χ1) is 10.5. The van der Waals surface area contributed by atoms with E-state index in [4.69, 9.17) is 4.74 Å². The summed E-state index contributed by atoms with van der Waals surface area (Å²) < 4.78 is 45.2. The van der Waals surface area contributed by atoms with Gasteiger partial charge < -0.3 is 9.64 Å². The van der Waals surface area contributed by atoms with Crippen LogP contribution in [0.3, 0.4) is 0 Å². The quantitative estimate of drug-likeness (QED) is 0.761. The lowest BCUT2D eigenvalue weighted by Crippen LogP contribution is -2.27. The number of alkyl halides is 2. The molecule has 2 rings (SSSR count). The molecule has 22 heavy (non-hydrogen) atoms. The lowest BCUT2D eigenvalue weighted by molar-refractivity contribution is 0.123. The standard InChI is InChI=1S/C17H18F3NO/c1-3-9-22-13-7-8-14(15(18)10-13)16-6-4-5-12(2)21(16)11-17(19)20/h4-8,10,17H,2-3,9,11H2,1H3. The van der Waals surface area contributed by atoms with Crippen LogP contribution in [0.2, 0.25) is 0 Å². The van der Waals surface area contributed by atoms with Gasteiger partial charge in [-0.05, 0) is 30.7 Å². The van der Waals surface area contributed by atoms with E-state index in [1.54, 1.807) is 24.3 Å². The Bertz CT molecular complexity index is 608. The van der Waals surface area contributed by atoms with Gasteiger partial charge in [-0.3, -0.25) is 0 Å². The monoisotopic (exact) mass is 309 g/mol. The Morgan fingerprint density at radius 2 is 2.09 bits per heavy atom. The van der Waals surface area contributed by atoms with Crippen molar-refractivity contribution < 1.29 is 17.9 Å². The molecule has 0 bridgehead atoms. The van der Waals surface area contributed by atoms with Gasteiger partial charge in [0, 0.05) is 17.3 Å². The highest BCUT2D eigenvalue weighted by molar-refractivity contribution is 5.70. The maximum Gasteiger partial charge on any atom is 0.256 e. The molecule has 1 aliphatic heterocycles. The lowest BCUT2D eigenvalue weighted by Gasteiger charge is -2.30. The van der Waals surface area contributed by atoms with E-state index in [1.165, 1.54) is 17.0 Å². The van der Waals surface area contributed by atoms with Crippen LogP contribution in [0.5, 0.6) is 5.75 Å². The SMILES string of the molecule is C=C1C=CC=C(c2ccc(OCCC)cc2F)N1CC(F)F. The summed E-state index contributed by atoms with van der Waals surface area (Å²) in [5.41, 5.74) is 1.02. The summed E-state index contributed by atoms with van der Waals surface area (Å²) in [5, 5.41) is 0. The molecule has 0 N–H and O–H groups in total. The topological polar surface area (TPSA) is 12.5 Å². The number of nitrogens with zero attached hydrogens (tertiary/aromatic N) is 1. The van der Waals surface area contributed by atoms with Crippen LogP contribution in [-0.4, -0.2) is 24.5 Å². The second kappa shape index (κ2) is 7.20. The first-order valence-corrected chi connectivity index (χ1v) is 7.08. The number of hydrogen-bond donors (Lipinski definition) is 0. The molecule has 0 saturated carbocycles.